The molecule has 2 rings (SSSR count). The van der Waals surface area contributed by atoms with Crippen LogP contribution in [0.3, 0.4) is 0 Å². The van der Waals surface area contributed by atoms with Gasteiger partial charge in [0.15, 0.2) is 0 Å². The molecule has 2 aliphatic rings. The lowest BCUT2D eigenvalue weighted by Gasteiger charge is -2.15. The molecule has 5 nitrogen and oxygen atoms in total. The Kier molecular flexibility index (Phi) is 6.49. The molecule has 5 heteroatoms. The van der Waals surface area contributed by atoms with E-state index >= 15 is 0 Å². The smallest absolute Gasteiger partial charge is 0.239 e. The van der Waals surface area contributed by atoms with E-state index in [0.29, 0.717) is 18.9 Å². The van der Waals surface area contributed by atoms with Crippen LogP contribution in [0.1, 0.15) is 57.8 Å². The third kappa shape index (κ3) is 5.65. The number of carbonyl (C=O) groups excluding carboxylic acids is 2. The van der Waals surface area contributed by atoms with Gasteiger partial charge in [-0.1, -0.05) is 32.1 Å². The molecule has 2 atom stereocenters. The number of hydrogen-bond acceptors (Lipinski definition) is 3. The van der Waals surface area contributed by atoms with Crippen LogP contribution in [-0.2, 0) is 9.59 Å². The van der Waals surface area contributed by atoms with E-state index in [1.165, 1.54) is 25.7 Å². The number of aliphatic hydroxyl groups is 1. The van der Waals surface area contributed by atoms with Crippen molar-refractivity contribution >= 4 is 11.8 Å². The first-order valence-electron chi connectivity index (χ1n) is 8.36. The molecule has 0 spiro atoms. The van der Waals surface area contributed by atoms with Crippen molar-refractivity contribution in [3.05, 3.63) is 0 Å². The molecule has 0 aliphatic heterocycles. The molecule has 2 unspecified atom stereocenters. The molecule has 0 heterocycles. The van der Waals surface area contributed by atoms with Gasteiger partial charge in [0, 0.05) is 18.9 Å². The predicted molar refractivity (Wildman–Crippen MR) is 80.6 cm³/mol. The molecule has 0 saturated heterocycles. The largest absolute Gasteiger partial charge is 0.393 e. The van der Waals surface area contributed by atoms with Crippen LogP contribution in [0.25, 0.3) is 0 Å². The monoisotopic (exact) mass is 296 g/mol. The molecule has 0 radical (unpaired) electrons. The van der Waals surface area contributed by atoms with E-state index in [0.717, 1.165) is 25.7 Å². The normalized spacial score (nSPS) is 26.0. The van der Waals surface area contributed by atoms with Crippen molar-refractivity contribution in [3.8, 4) is 0 Å². The third-order valence-corrected chi connectivity index (χ3v) is 4.88. The van der Waals surface area contributed by atoms with E-state index in [9.17, 15) is 14.7 Å². The number of carbonyl (C=O) groups is 2. The zero-order valence-electron chi connectivity index (χ0n) is 12.8. The topological polar surface area (TPSA) is 78.4 Å². The van der Waals surface area contributed by atoms with Gasteiger partial charge in [-0.25, -0.2) is 0 Å². The second kappa shape index (κ2) is 8.37. The summed E-state index contributed by atoms with van der Waals surface area (Å²) >= 11 is 0. The number of rotatable bonds is 7. The fourth-order valence-corrected chi connectivity index (χ4v) is 3.46. The number of aliphatic hydroxyl groups excluding tert-OH is 1. The molecule has 21 heavy (non-hydrogen) atoms. The molecular weight excluding hydrogens is 268 g/mol. The van der Waals surface area contributed by atoms with Gasteiger partial charge in [-0.2, -0.15) is 0 Å². The fraction of sp³-hybridized carbons (Fsp3) is 0.875. The summed E-state index contributed by atoms with van der Waals surface area (Å²) in [5.41, 5.74) is 0. The standard InChI is InChI=1S/C16H28N2O3/c19-14-7-3-6-13(14)10-17-16(21)11-18-15(20)9-8-12-4-1-2-5-12/h12-14,19H,1-11H2,(H,17,21)(H,18,20). The first kappa shape index (κ1) is 16.3. The fourth-order valence-electron chi connectivity index (χ4n) is 3.46. The molecule has 2 amide bonds. The molecule has 0 bridgehead atoms. The SMILES string of the molecule is O=C(CCC1CCCC1)NCC(=O)NCC1CCCC1O. The Hall–Kier alpha value is -1.10. The zero-order chi connectivity index (χ0) is 15.1. The number of hydrogen-bond donors (Lipinski definition) is 3. The van der Waals surface area contributed by atoms with Crippen molar-refractivity contribution in [3.63, 3.8) is 0 Å². The molecule has 3 N–H and O–H groups in total. The van der Waals surface area contributed by atoms with E-state index in [2.05, 4.69) is 10.6 Å². The van der Waals surface area contributed by atoms with Crippen molar-refractivity contribution < 1.29 is 14.7 Å². The van der Waals surface area contributed by atoms with E-state index in [1.807, 2.05) is 0 Å². The molecule has 0 aromatic carbocycles. The van der Waals surface area contributed by atoms with Crippen LogP contribution in [0.2, 0.25) is 0 Å². The van der Waals surface area contributed by atoms with Crippen LogP contribution < -0.4 is 10.6 Å². The molecule has 0 aromatic rings. The Balaban J connectivity index is 1.52. The zero-order valence-corrected chi connectivity index (χ0v) is 12.8. The minimum Gasteiger partial charge on any atom is -0.393 e. The highest BCUT2D eigenvalue weighted by molar-refractivity contribution is 5.84. The van der Waals surface area contributed by atoms with Crippen LogP contribution in [0.4, 0.5) is 0 Å². The summed E-state index contributed by atoms with van der Waals surface area (Å²) in [5, 5.41) is 15.1. The van der Waals surface area contributed by atoms with E-state index in [4.69, 9.17) is 0 Å². The lowest BCUT2D eigenvalue weighted by atomic mass is 10.0. The molecule has 2 aliphatic carbocycles. The first-order chi connectivity index (χ1) is 10.1. The van der Waals surface area contributed by atoms with Crippen molar-refractivity contribution in [2.45, 2.75) is 63.9 Å². The van der Waals surface area contributed by atoms with Crippen molar-refractivity contribution in [1.82, 2.24) is 10.6 Å². The predicted octanol–water partition coefficient (Wildman–Crippen LogP) is 1.35. The Morgan fingerprint density at radius 2 is 1.71 bits per heavy atom. The minimum atomic E-state index is -0.286. The summed E-state index contributed by atoms with van der Waals surface area (Å²) in [6, 6.07) is 0. The lowest BCUT2D eigenvalue weighted by molar-refractivity contribution is -0.126. The Bertz CT molecular complexity index is 353. The molecule has 2 fully saturated rings. The van der Waals surface area contributed by atoms with Gasteiger partial charge in [-0.3, -0.25) is 9.59 Å². The molecule has 120 valence electrons. The van der Waals surface area contributed by atoms with Crippen LogP contribution in [0, 0.1) is 11.8 Å². The summed E-state index contributed by atoms with van der Waals surface area (Å²) in [7, 11) is 0. The van der Waals surface area contributed by atoms with E-state index in [1.54, 1.807) is 0 Å². The van der Waals surface area contributed by atoms with Crippen LogP contribution >= 0.6 is 0 Å². The van der Waals surface area contributed by atoms with Crippen LogP contribution in [0.5, 0.6) is 0 Å². The second-order valence-corrected chi connectivity index (χ2v) is 6.53. The second-order valence-electron chi connectivity index (χ2n) is 6.53. The molecule has 0 aromatic heterocycles. The summed E-state index contributed by atoms with van der Waals surface area (Å²) < 4.78 is 0. The maximum absolute atomic E-state index is 11.7. The first-order valence-corrected chi connectivity index (χ1v) is 8.36. The average Bonchev–Trinajstić information content (AvgIpc) is 3.12. The highest BCUT2D eigenvalue weighted by Crippen LogP contribution is 2.28. The van der Waals surface area contributed by atoms with Crippen molar-refractivity contribution in [1.29, 1.82) is 0 Å². The summed E-state index contributed by atoms with van der Waals surface area (Å²) in [5.74, 6) is 0.682. The third-order valence-electron chi connectivity index (χ3n) is 4.88. The van der Waals surface area contributed by atoms with E-state index < -0.39 is 0 Å². The Morgan fingerprint density at radius 1 is 0.952 bits per heavy atom. The van der Waals surface area contributed by atoms with Gasteiger partial charge in [0.1, 0.15) is 0 Å². The van der Waals surface area contributed by atoms with Gasteiger partial charge < -0.3 is 15.7 Å². The summed E-state index contributed by atoms with van der Waals surface area (Å²) in [4.78, 5) is 23.3. The summed E-state index contributed by atoms with van der Waals surface area (Å²) in [6.07, 6.45) is 9.10. The Morgan fingerprint density at radius 3 is 2.38 bits per heavy atom. The molecular formula is C16H28N2O3. The van der Waals surface area contributed by atoms with Gasteiger partial charge in [0.05, 0.1) is 12.6 Å². The van der Waals surface area contributed by atoms with Gasteiger partial charge in [-0.05, 0) is 25.2 Å². The maximum Gasteiger partial charge on any atom is 0.239 e. The highest BCUT2D eigenvalue weighted by Gasteiger charge is 2.25. The lowest BCUT2D eigenvalue weighted by Crippen LogP contribution is -2.40. The van der Waals surface area contributed by atoms with Crippen molar-refractivity contribution in [2.24, 2.45) is 11.8 Å². The minimum absolute atomic E-state index is 0.0297. The molecule has 2 saturated carbocycles. The quantitative estimate of drug-likeness (QED) is 0.663. The average molecular weight is 296 g/mol. The number of amides is 2. The Labute approximate surface area is 126 Å². The van der Waals surface area contributed by atoms with Gasteiger partial charge in [-0.15, -0.1) is 0 Å². The summed E-state index contributed by atoms with van der Waals surface area (Å²) in [6.45, 7) is 0.560. The van der Waals surface area contributed by atoms with Crippen molar-refractivity contribution in [2.75, 3.05) is 13.1 Å². The van der Waals surface area contributed by atoms with Crippen LogP contribution in [0.15, 0.2) is 0 Å². The van der Waals surface area contributed by atoms with Crippen LogP contribution in [-0.4, -0.2) is 36.1 Å². The van der Waals surface area contributed by atoms with E-state index in [-0.39, 0.29) is 30.4 Å². The van der Waals surface area contributed by atoms with Gasteiger partial charge in [0.25, 0.3) is 0 Å². The van der Waals surface area contributed by atoms with Gasteiger partial charge in [0.2, 0.25) is 11.8 Å². The number of nitrogens with one attached hydrogen (secondary N) is 2. The highest BCUT2D eigenvalue weighted by atomic mass is 16.3. The van der Waals surface area contributed by atoms with Gasteiger partial charge >= 0.3 is 0 Å². The maximum atomic E-state index is 11.7.